The molecule has 1 aromatic carbocycles. The fourth-order valence-electron chi connectivity index (χ4n) is 1.62. The SMILES string of the molecule is COc1ccc(SCCC(=O)Nc2ccn(C)n2)cc1. The molecule has 0 saturated heterocycles. The first-order valence-corrected chi connectivity index (χ1v) is 7.22. The molecule has 5 nitrogen and oxygen atoms in total. The van der Waals surface area contributed by atoms with Gasteiger partial charge in [0.05, 0.1) is 7.11 Å². The first-order chi connectivity index (χ1) is 9.67. The van der Waals surface area contributed by atoms with Gasteiger partial charge < -0.3 is 10.1 Å². The number of nitrogens with one attached hydrogen (secondary N) is 1. The van der Waals surface area contributed by atoms with Crippen molar-refractivity contribution in [3.63, 3.8) is 0 Å². The third kappa shape index (κ3) is 4.31. The Morgan fingerprint density at radius 2 is 2.10 bits per heavy atom. The third-order valence-electron chi connectivity index (χ3n) is 2.64. The summed E-state index contributed by atoms with van der Waals surface area (Å²) < 4.78 is 6.75. The van der Waals surface area contributed by atoms with Crippen LogP contribution in [0.1, 0.15) is 6.42 Å². The molecule has 1 heterocycles. The van der Waals surface area contributed by atoms with Crippen LogP contribution in [0.25, 0.3) is 0 Å². The van der Waals surface area contributed by atoms with Gasteiger partial charge in [-0.1, -0.05) is 0 Å². The number of carbonyl (C=O) groups is 1. The van der Waals surface area contributed by atoms with Crippen molar-refractivity contribution in [2.45, 2.75) is 11.3 Å². The molecule has 20 heavy (non-hydrogen) atoms. The summed E-state index contributed by atoms with van der Waals surface area (Å²) in [5.74, 6) is 2.13. The first kappa shape index (κ1) is 14.5. The van der Waals surface area contributed by atoms with Gasteiger partial charge in [0.2, 0.25) is 5.91 Å². The van der Waals surface area contributed by atoms with Crippen LogP contribution in [0.5, 0.6) is 5.75 Å². The van der Waals surface area contributed by atoms with Gasteiger partial charge in [-0.2, -0.15) is 5.10 Å². The Balaban J connectivity index is 1.73. The summed E-state index contributed by atoms with van der Waals surface area (Å²) in [5, 5.41) is 6.86. The zero-order valence-corrected chi connectivity index (χ0v) is 12.3. The lowest BCUT2D eigenvalue weighted by molar-refractivity contribution is -0.115. The van der Waals surface area contributed by atoms with Gasteiger partial charge >= 0.3 is 0 Å². The Morgan fingerprint density at radius 1 is 1.35 bits per heavy atom. The van der Waals surface area contributed by atoms with Crippen molar-refractivity contribution in [1.29, 1.82) is 0 Å². The van der Waals surface area contributed by atoms with Crippen molar-refractivity contribution in [2.24, 2.45) is 7.05 Å². The highest BCUT2D eigenvalue weighted by Crippen LogP contribution is 2.21. The van der Waals surface area contributed by atoms with E-state index in [0.717, 1.165) is 16.4 Å². The summed E-state index contributed by atoms with van der Waals surface area (Å²) in [6, 6.07) is 9.57. The van der Waals surface area contributed by atoms with Crippen LogP contribution in [0.2, 0.25) is 0 Å². The largest absolute Gasteiger partial charge is 0.497 e. The number of hydrogen-bond donors (Lipinski definition) is 1. The van der Waals surface area contributed by atoms with Gasteiger partial charge in [-0.05, 0) is 24.3 Å². The Morgan fingerprint density at radius 3 is 2.70 bits per heavy atom. The van der Waals surface area contributed by atoms with Gasteiger partial charge in [0, 0.05) is 36.4 Å². The summed E-state index contributed by atoms with van der Waals surface area (Å²) in [5.41, 5.74) is 0. The zero-order valence-electron chi connectivity index (χ0n) is 11.5. The number of anilines is 1. The molecule has 0 fully saturated rings. The van der Waals surface area contributed by atoms with E-state index >= 15 is 0 Å². The molecule has 1 amide bonds. The number of carbonyl (C=O) groups excluding carboxylic acids is 1. The van der Waals surface area contributed by atoms with E-state index in [1.165, 1.54) is 0 Å². The highest BCUT2D eigenvalue weighted by molar-refractivity contribution is 7.99. The smallest absolute Gasteiger partial charge is 0.226 e. The molecule has 0 aliphatic heterocycles. The predicted molar refractivity (Wildman–Crippen MR) is 80.2 cm³/mol. The minimum absolute atomic E-state index is 0.0234. The Bertz CT molecular complexity index is 566. The van der Waals surface area contributed by atoms with Crippen molar-refractivity contribution in [2.75, 3.05) is 18.2 Å². The van der Waals surface area contributed by atoms with Crippen LogP contribution in [-0.2, 0) is 11.8 Å². The molecule has 0 atom stereocenters. The van der Waals surface area contributed by atoms with Crippen LogP contribution >= 0.6 is 11.8 Å². The lowest BCUT2D eigenvalue weighted by Crippen LogP contribution is -2.12. The second kappa shape index (κ2) is 7.00. The molecule has 1 N–H and O–H groups in total. The van der Waals surface area contributed by atoms with E-state index in [0.29, 0.717) is 12.2 Å². The van der Waals surface area contributed by atoms with Gasteiger partial charge in [-0.3, -0.25) is 9.48 Å². The van der Waals surface area contributed by atoms with Gasteiger partial charge in [-0.15, -0.1) is 11.8 Å². The van der Waals surface area contributed by atoms with Gasteiger partial charge in [0.1, 0.15) is 5.75 Å². The molecule has 6 heteroatoms. The molecule has 0 spiro atoms. The number of aromatic nitrogens is 2. The van der Waals surface area contributed by atoms with Gasteiger partial charge in [-0.25, -0.2) is 0 Å². The molecule has 2 aromatic rings. The summed E-state index contributed by atoms with van der Waals surface area (Å²) >= 11 is 1.64. The Labute approximate surface area is 122 Å². The van der Waals surface area contributed by atoms with E-state index in [-0.39, 0.29) is 5.91 Å². The Kier molecular flexibility index (Phi) is 5.06. The average molecular weight is 291 g/mol. The summed E-state index contributed by atoms with van der Waals surface area (Å²) in [7, 11) is 3.46. The van der Waals surface area contributed by atoms with Crippen molar-refractivity contribution < 1.29 is 9.53 Å². The normalized spacial score (nSPS) is 10.3. The van der Waals surface area contributed by atoms with E-state index in [1.54, 1.807) is 35.8 Å². The fraction of sp³-hybridized carbons (Fsp3) is 0.286. The van der Waals surface area contributed by atoms with Crippen LogP contribution in [-0.4, -0.2) is 28.6 Å². The summed E-state index contributed by atoms with van der Waals surface area (Å²) in [6.07, 6.45) is 2.25. The van der Waals surface area contributed by atoms with Crippen LogP contribution in [0.3, 0.4) is 0 Å². The molecular weight excluding hydrogens is 274 g/mol. The van der Waals surface area contributed by atoms with E-state index in [4.69, 9.17) is 4.74 Å². The maximum Gasteiger partial charge on any atom is 0.226 e. The topological polar surface area (TPSA) is 56.1 Å². The number of benzene rings is 1. The maximum absolute atomic E-state index is 11.7. The highest BCUT2D eigenvalue weighted by atomic mass is 32.2. The average Bonchev–Trinajstić information content (AvgIpc) is 2.85. The number of thioether (sulfide) groups is 1. The number of ether oxygens (including phenoxy) is 1. The second-order valence-electron chi connectivity index (χ2n) is 4.20. The van der Waals surface area contributed by atoms with Gasteiger partial charge in [0.15, 0.2) is 5.82 Å². The molecule has 2 rings (SSSR count). The van der Waals surface area contributed by atoms with Crippen molar-refractivity contribution >= 4 is 23.5 Å². The number of amides is 1. The standard InChI is InChI=1S/C14H17N3O2S/c1-17-9-7-13(16-17)15-14(18)8-10-20-12-5-3-11(19-2)4-6-12/h3-7,9H,8,10H2,1-2H3,(H,15,16,18). The van der Waals surface area contributed by atoms with Crippen molar-refractivity contribution in [3.8, 4) is 5.75 Å². The maximum atomic E-state index is 11.7. The van der Waals surface area contributed by atoms with E-state index in [2.05, 4.69) is 10.4 Å². The molecule has 0 aliphatic rings. The Hall–Kier alpha value is -1.95. The third-order valence-corrected chi connectivity index (χ3v) is 3.65. The van der Waals surface area contributed by atoms with Gasteiger partial charge in [0.25, 0.3) is 0 Å². The van der Waals surface area contributed by atoms with E-state index < -0.39 is 0 Å². The fourth-order valence-corrected chi connectivity index (χ4v) is 2.47. The number of rotatable bonds is 6. The lowest BCUT2D eigenvalue weighted by Gasteiger charge is -2.04. The van der Waals surface area contributed by atoms with E-state index in [9.17, 15) is 4.79 Å². The number of aryl methyl sites for hydroxylation is 1. The molecule has 0 unspecified atom stereocenters. The lowest BCUT2D eigenvalue weighted by atomic mass is 10.3. The number of hydrogen-bond acceptors (Lipinski definition) is 4. The van der Waals surface area contributed by atoms with Crippen LogP contribution < -0.4 is 10.1 Å². The number of methoxy groups -OCH3 is 1. The molecule has 0 saturated carbocycles. The summed E-state index contributed by atoms with van der Waals surface area (Å²) in [6.45, 7) is 0. The van der Waals surface area contributed by atoms with E-state index in [1.807, 2.05) is 31.3 Å². The first-order valence-electron chi connectivity index (χ1n) is 6.24. The van der Waals surface area contributed by atoms with Crippen LogP contribution in [0.4, 0.5) is 5.82 Å². The monoisotopic (exact) mass is 291 g/mol. The molecular formula is C14H17N3O2S. The van der Waals surface area contributed by atoms with Crippen LogP contribution in [0, 0.1) is 0 Å². The predicted octanol–water partition coefficient (Wildman–Crippen LogP) is 2.55. The molecule has 0 bridgehead atoms. The summed E-state index contributed by atoms with van der Waals surface area (Å²) in [4.78, 5) is 12.8. The van der Waals surface area contributed by atoms with Crippen LogP contribution in [0.15, 0.2) is 41.4 Å². The highest BCUT2D eigenvalue weighted by Gasteiger charge is 2.05. The molecule has 0 aliphatic carbocycles. The van der Waals surface area contributed by atoms with Crippen molar-refractivity contribution in [1.82, 2.24) is 9.78 Å². The molecule has 1 aromatic heterocycles. The minimum atomic E-state index is -0.0234. The second-order valence-corrected chi connectivity index (χ2v) is 5.37. The quantitative estimate of drug-likeness (QED) is 0.831. The number of nitrogens with zero attached hydrogens (tertiary/aromatic N) is 2. The molecule has 0 radical (unpaired) electrons. The minimum Gasteiger partial charge on any atom is -0.497 e. The molecule has 106 valence electrons. The van der Waals surface area contributed by atoms with Crippen molar-refractivity contribution in [3.05, 3.63) is 36.5 Å². The zero-order chi connectivity index (χ0) is 14.4.